The monoisotopic (exact) mass is 321 g/mol. The summed E-state index contributed by atoms with van der Waals surface area (Å²) in [6.45, 7) is 0. The van der Waals surface area contributed by atoms with Crippen molar-refractivity contribution in [3.63, 3.8) is 0 Å². The number of carboxylic acids is 1. The molecule has 0 saturated heterocycles. The van der Waals surface area contributed by atoms with Gasteiger partial charge in [0.1, 0.15) is 0 Å². The van der Waals surface area contributed by atoms with E-state index >= 15 is 0 Å². The highest BCUT2D eigenvalue weighted by Crippen LogP contribution is 2.49. The molecule has 118 valence electrons. The quantitative estimate of drug-likeness (QED) is 0.895. The number of carboxylic acid groups (broad SMARTS) is 1. The molecule has 2 fully saturated rings. The van der Waals surface area contributed by atoms with Gasteiger partial charge in [0.25, 0.3) is 0 Å². The molecule has 2 aliphatic carbocycles. The first-order valence-electron chi connectivity index (χ1n) is 7.81. The maximum atomic E-state index is 12.7. The van der Waals surface area contributed by atoms with E-state index in [1.54, 1.807) is 0 Å². The van der Waals surface area contributed by atoms with Crippen molar-refractivity contribution in [2.24, 2.45) is 5.92 Å². The van der Waals surface area contributed by atoms with Crippen molar-refractivity contribution in [2.75, 3.05) is 0 Å². The Bertz CT molecular complexity index is 589. The Kier molecular flexibility index (Phi) is 4.13. The van der Waals surface area contributed by atoms with Crippen LogP contribution in [0.15, 0.2) is 24.3 Å². The highest BCUT2D eigenvalue weighted by molar-refractivity contribution is 6.30. The van der Waals surface area contributed by atoms with Gasteiger partial charge in [0.15, 0.2) is 0 Å². The Morgan fingerprint density at radius 2 is 1.86 bits per heavy atom. The summed E-state index contributed by atoms with van der Waals surface area (Å²) in [7, 11) is 0. The minimum atomic E-state index is -0.720. The second-order valence-corrected chi connectivity index (χ2v) is 6.89. The van der Waals surface area contributed by atoms with Crippen molar-refractivity contribution < 1.29 is 14.7 Å². The van der Waals surface area contributed by atoms with E-state index in [9.17, 15) is 9.59 Å². The first-order chi connectivity index (χ1) is 10.5. The SMILES string of the molecule is O=C(O)C1CCC(NC(=O)C2(c3cccc(Cl)c3)CC2)CC1. The van der Waals surface area contributed by atoms with Crippen LogP contribution in [-0.4, -0.2) is 23.0 Å². The van der Waals surface area contributed by atoms with Gasteiger partial charge in [-0.2, -0.15) is 0 Å². The van der Waals surface area contributed by atoms with Crippen molar-refractivity contribution in [2.45, 2.75) is 50.0 Å². The third-order valence-electron chi connectivity index (χ3n) is 4.97. The first kappa shape index (κ1) is 15.3. The van der Waals surface area contributed by atoms with Gasteiger partial charge in [0.2, 0.25) is 5.91 Å². The molecule has 0 radical (unpaired) electrons. The highest BCUT2D eigenvalue weighted by Gasteiger charge is 2.51. The molecule has 0 bridgehead atoms. The van der Waals surface area contributed by atoms with E-state index < -0.39 is 11.4 Å². The molecule has 0 aromatic heterocycles. The van der Waals surface area contributed by atoms with Gasteiger partial charge in [-0.05, 0) is 56.2 Å². The fourth-order valence-electron chi connectivity index (χ4n) is 3.37. The van der Waals surface area contributed by atoms with Crippen LogP contribution in [0.4, 0.5) is 0 Å². The molecular weight excluding hydrogens is 302 g/mol. The molecule has 4 nitrogen and oxygen atoms in total. The van der Waals surface area contributed by atoms with Crippen LogP contribution >= 0.6 is 11.6 Å². The molecule has 0 spiro atoms. The van der Waals surface area contributed by atoms with Crippen LogP contribution in [-0.2, 0) is 15.0 Å². The molecule has 5 heteroatoms. The number of amides is 1. The molecule has 1 amide bonds. The van der Waals surface area contributed by atoms with E-state index in [0.717, 1.165) is 31.2 Å². The number of nitrogens with one attached hydrogen (secondary N) is 1. The number of hydrogen-bond acceptors (Lipinski definition) is 2. The van der Waals surface area contributed by atoms with E-state index in [4.69, 9.17) is 16.7 Å². The zero-order valence-corrected chi connectivity index (χ0v) is 13.1. The van der Waals surface area contributed by atoms with Gasteiger partial charge in [-0.1, -0.05) is 23.7 Å². The Balaban J connectivity index is 1.62. The van der Waals surface area contributed by atoms with E-state index in [-0.39, 0.29) is 17.9 Å². The summed E-state index contributed by atoms with van der Waals surface area (Å²) in [6, 6.07) is 7.62. The number of carbonyl (C=O) groups is 2. The molecule has 1 aromatic carbocycles. The summed E-state index contributed by atoms with van der Waals surface area (Å²) in [4.78, 5) is 23.6. The molecule has 0 aliphatic heterocycles. The summed E-state index contributed by atoms with van der Waals surface area (Å²) in [5, 5.41) is 12.8. The minimum Gasteiger partial charge on any atom is -0.481 e. The molecule has 3 rings (SSSR count). The number of aliphatic carboxylic acids is 1. The lowest BCUT2D eigenvalue weighted by atomic mass is 9.85. The first-order valence-corrected chi connectivity index (χ1v) is 8.19. The van der Waals surface area contributed by atoms with Gasteiger partial charge in [-0.25, -0.2) is 0 Å². The summed E-state index contributed by atoms with van der Waals surface area (Å²) >= 11 is 6.03. The van der Waals surface area contributed by atoms with Crippen molar-refractivity contribution in [3.8, 4) is 0 Å². The Labute approximate surface area is 134 Å². The maximum absolute atomic E-state index is 12.7. The molecule has 1 aromatic rings. The van der Waals surface area contributed by atoms with Crippen LogP contribution in [0.25, 0.3) is 0 Å². The van der Waals surface area contributed by atoms with Crippen molar-refractivity contribution >= 4 is 23.5 Å². The second-order valence-electron chi connectivity index (χ2n) is 6.45. The minimum absolute atomic E-state index is 0.0635. The van der Waals surface area contributed by atoms with Crippen LogP contribution in [0.3, 0.4) is 0 Å². The third-order valence-corrected chi connectivity index (χ3v) is 5.21. The fraction of sp³-hybridized carbons (Fsp3) is 0.529. The van der Waals surface area contributed by atoms with Crippen LogP contribution in [0.5, 0.6) is 0 Å². The molecule has 0 atom stereocenters. The van der Waals surface area contributed by atoms with Crippen LogP contribution in [0.2, 0.25) is 5.02 Å². The lowest BCUT2D eigenvalue weighted by Crippen LogP contribution is -2.43. The summed E-state index contributed by atoms with van der Waals surface area (Å²) in [5.41, 5.74) is 0.561. The molecular formula is C17H20ClNO3. The zero-order valence-electron chi connectivity index (χ0n) is 12.3. The number of rotatable bonds is 4. The Morgan fingerprint density at radius 3 is 2.41 bits per heavy atom. The number of carbonyl (C=O) groups excluding carboxylic acids is 1. The van der Waals surface area contributed by atoms with E-state index in [1.165, 1.54) is 0 Å². The van der Waals surface area contributed by atoms with Gasteiger partial charge in [-0.3, -0.25) is 9.59 Å². The number of hydrogen-bond donors (Lipinski definition) is 2. The van der Waals surface area contributed by atoms with E-state index in [1.807, 2.05) is 24.3 Å². The van der Waals surface area contributed by atoms with Crippen LogP contribution < -0.4 is 5.32 Å². The second kappa shape index (κ2) is 5.92. The number of halogens is 1. The van der Waals surface area contributed by atoms with Gasteiger partial charge in [-0.15, -0.1) is 0 Å². The van der Waals surface area contributed by atoms with E-state index in [0.29, 0.717) is 17.9 Å². The van der Waals surface area contributed by atoms with Crippen LogP contribution in [0, 0.1) is 5.92 Å². The summed E-state index contributed by atoms with van der Waals surface area (Å²) < 4.78 is 0. The topological polar surface area (TPSA) is 66.4 Å². The van der Waals surface area contributed by atoms with Gasteiger partial charge in [0, 0.05) is 11.1 Å². The fourth-order valence-corrected chi connectivity index (χ4v) is 3.56. The predicted molar refractivity (Wildman–Crippen MR) is 83.9 cm³/mol. The predicted octanol–water partition coefficient (Wildman–Crippen LogP) is 3.13. The van der Waals surface area contributed by atoms with Gasteiger partial charge >= 0.3 is 5.97 Å². The molecule has 2 saturated carbocycles. The molecule has 0 heterocycles. The lowest BCUT2D eigenvalue weighted by Gasteiger charge is -2.28. The van der Waals surface area contributed by atoms with E-state index in [2.05, 4.69) is 5.32 Å². The smallest absolute Gasteiger partial charge is 0.306 e. The van der Waals surface area contributed by atoms with Crippen molar-refractivity contribution in [3.05, 3.63) is 34.9 Å². The average Bonchev–Trinajstić information content (AvgIpc) is 3.29. The molecule has 0 unspecified atom stereocenters. The maximum Gasteiger partial charge on any atom is 0.306 e. The van der Waals surface area contributed by atoms with Gasteiger partial charge < -0.3 is 10.4 Å². The van der Waals surface area contributed by atoms with Crippen molar-refractivity contribution in [1.82, 2.24) is 5.32 Å². The third kappa shape index (κ3) is 2.98. The lowest BCUT2D eigenvalue weighted by molar-refractivity contribution is -0.142. The highest BCUT2D eigenvalue weighted by atomic mass is 35.5. The summed E-state index contributed by atoms with van der Waals surface area (Å²) in [5.74, 6) is -0.910. The summed E-state index contributed by atoms with van der Waals surface area (Å²) in [6.07, 6.45) is 4.48. The van der Waals surface area contributed by atoms with Crippen molar-refractivity contribution in [1.29, 1.82) is 0 Å². The standard InChI is InChI=1S/C17H20ClNO3/c18-13-3-1-2-12(10-13)17(8-9-17)16(22)19-14-6-4-11(5-7-14)15(20)21/h1-3,10-11,14H,4-9H2,(H,19,22)(H,20,21). The van der Waals surface area contributed by atoms with Crippen LogP contribution in [0.1, 0.15) is 44.1 Å². The molecule has 22 heavy (non-hydrogen) atoms. The number of benzene rings is 1. The Hall–Kier alpha value is -1.55. The van der Waals surface area contributed by atoms with Gasteiger partial charge in [0.05, 0.1) is 11.3 Å². The molecule has 2 N–H and O–H groups in total. The largest absolute Gasteiger partial charge is 0.481 e. The normalized spacial score (nSPS) is 26.2. The average molecular weight is 322 g/mol. The molecule has 2 aliphatic rings. The Morgan fingerprint density at radius 1 is 1.18 bits per heavy atom. The zero-order chi connectivity index (χ0) is 15.7.